The van der Waals surface area contributed by atoms with Gasteiger partial charge in [-0.15, -0.1) is 0 Å². The predicted octanol–water partition coefficient (Wildman–Crippen LogP) is 5.00. The number of carbonyl (C=O) groups is 1. The summed E-state index contributed by atoms with van der Waals surface area (Å²) in [6.45, 7) is 8.01. The molecule has 0 aliphatic carbocycles. The van der Waals surface area contributed by atoms with E-state index in [-0.39, 0.29) is 22.6 Å². The minimum absolute atomic E-state index is 0.105. The van der Waals surface area contributed by atoms with Gasteiger partial charge in [-0.2, -0.15) is 0 Å². The number of aryl methyl sites for hydroxylation is 2. The molecule has 0 saturated heterocycles. The first kappa shape index (κ1) is 22.3. The second kappa shape index (κ2) is 9.97. The average Bonchev–Trinajstić information content (AvgIpc) is 2.98. The van der Waals surface area contributed by atoms with Gasteiger partial charge in [-0.1, -0.05) is 26.8 Å². The van der Waals surface area contributed by atoms with Crippen LogP contribution >= 0.6 is 0 Å². The first-order valence-corrected chi connectivity index (χ1v) is 9.51. The van der Waals surface area contributed by atoms with E-state index >= 15 is 0 Å². The van der Waals surface area contributed by atoms with E-state index in [1.54, 1.807) is 26.1 Å². The summed E-state index contributed by atoms with van der Waals surface area (Å²) in [5.74, 6) is -1.64. The van der Waals surface area contributed by atoms with Crippen LogP contribution in [0.1, 0.15) is 43.2 Å². The van der Waals surface area contributed by atoms with Crippen LogP contribution in [-0.2, 0) is 11.9 Å². The van der Waals surface area contributed by atoms with Crippen molar-refractivity contribution in [1.82, 2.24) is 15.0 Å². The molecule has 0 fully saturated rings. The summed E-state index contributed by atoms with van der Waals surface area (Å²) >= 11 is 0. The van der Waals surface area contributed by atoms with Crippen LogP contribution in [0.15, 0.2) is 30.6 Å². The van der Waals surface area contributed by atoms with Crippen molar-refractivity contribution in [3.8, 4) is 0 Å². The number of halogens is 2. The van der Waals surface area contributed by atoms with Gasteiger partial charge in [0, 0.05) is 18.6 Å². The van der Waals surface area contributed by atoms with Gasteiger partial charge in [-0.25, -0.2) is 14.3 Å². The predicted molar refractivity (Wildman–Crippen MR) is 110 cm³/mol. The highest BCUT2D eigenvalue weighted by Crippen LogP contribution is 2.34. The molecule has 6 nitrogen and oxygen atoms in total. The monoisotopic (exact) mass is 404 g/mol. The molecule has 0 saturated carbocycles. The summed E-state index contributed by atoms with van der Waals surface area (Å²) in [5, 5.41) is 3.27. The number of aromatic nitrogens is 2. The molecule has 156 valence electrons. The minimum atomic E-state index is -0.587. The largest absolute Gasteiger partial charge is 0.351 e. The second-order valence-electron chi connectivity index (χ2n) is 6.19. The maximum atomic E-state index is 14.3. The third-order valence-corrected chi connectivity index (χ3v) is 4.12. The van der Waals surface area contributed by atoms with Gasteiger partial charge < -0.3 is 9.88 Å². The fraction of sp³-hybridized carbons (Fsp3) is 0.333. The molecule has 0 atom stereocenters. The van der Waals surface area contributed by atoms with E-state index in [2.05, 4.69) is 15.8 Å². The maximum Gasteiger partial charge on any atom is 0.293 e. The number of hydrogen-bond donors (Lipinski definition) is 2. The quantitative estimate of drug-likeness (QED) is 0.448. The Morgan fingerprint density at radius 1 is 1.21 bits per heavy atom. The number of rotatable bonds is 6. The fourth-order valence-corrected chi connectivity index (χ4v) is 2.87. The molecule has 2 heterocycles. The van der Waals surface area contributed by atoms with E-state index in [4.69, 9.17) is 4.84 Å². The maximum absolute atomic E-state index is 14.3. The van der Waals surface area contributed by atoms with Crippen LogP contribution in [0.4, 0.5) is 20.2 Å². The smallest absolute Gasteiger partial charge is 0.293 e. The van der Waals surface area contributed by atoms with Crippen LogP contribution in [-0.4, -0.2) is 22.1 Å². The molecule has 1 aromatic carbocycles. The Kier molecular flexibility index (Phi) is 7.67. The fourth-order valence-electron chi connectivity index (χ4n) is 2.87. The Balaban J connectivity index is 0.00000145. The van der Waals surface area contributed by atoms with E-state index in [1.807, 2.05) is 20.8 Å². The number of nitrogens with one attached hydrogen (secondary N) is 2. The summed E-state index contributed by atoms with van der Waals surface area (Å²) in [6.07, 6.45) is 3.21. The molecule has 0 unspecified atom stereocenters. The third-order valence-electron chi connectivity index (χ3n) is 4.12. The van der Waals surface area contributed by atoms with Gasteiger partial charge in [0.25, 0.3) is 5.91 Å². The van der Waals surface area contributed by atoms with Crippen molar-refractivity contribution >= 4 is 28.2 Å². The second-order valence-corrected chi connectivity index (χ2v) is 6.19. The van der Waals surface area contributed by atoms with E-state index < -0.39 is 17.5 Å². The summed E-state index contributed by atoms with van der Waals surface area (Å²) < 4.78 is 30.0. The number of nitrogens with zero attached hydrogens (tertiary/aromatic N) is 2. The van der Waals surface area contributed by atoms with Crippen molar-refractivity contribution < 1.29 is 18.4 Å². The Morgan fingerprint density at radius 3 is 2.59 bits per heavy atom. The molecular weight excluding hydrogens is 378 g/mol. The SMILES string of the molecule is CC.CCCONC(=O)c1c(Nc2ccc(C)cc2F)c2cncc(F)c2n1C. The summed E-state index contributed by atoms with van der Waals surface area (Å²) in [6, 6.07) is 4.67. The minimum Gasteiger partial charge on any atom is -0.351 e. The van der Waals surface area contributed by atoms with E-state index in [9.17, 15) is 13.6 Å². The van der Waals surface area contributed by atoms with Crippen molar-refractivity contribution in [2.24, 2.45) is 7.05 Å². The van der Waals surface area contributed by atoms with Crippen LogP contribution in [0, 0.1) is 18.6 Å². The number of amides is 1. The first-order chi connectivity index (χ1) is 13.9. The first-order valence-electron chi connectivity index (χ1n) is 9.51. The van der Waals surface area contributed by atoms with Gasteiger partial charge in [0.2, 0.25) is 0 Å². The van der Waals surface area contributed by atoms with Crippen LogP contribution < -0.4 is 10.8 Å². The average molecular weight is 404 g/mol. The lowest BCUT2D eigenvalue weighted by Gasteiger charge is -2.11. The Bertz CT molecular complexity index is 1000. The molecule has 3 rings (SSSR count). The zero-order chi connectivity index (χ0) is 21.6. The summed E-state index contributed by atoms with van der Waals surface area (Å²) in [4.78, 5) is 21.6. The Morgan fingerprint density at radius 2 is 1.93 bits per heavy atom. The number of carbonyl (C=O) groups excluding carboxylic acids is 1. The van der Waals surface area contributed by atoms with Crippen molar-refractivity contribution in [3.05, 3.63) is 53.5 Å². The van der Waals surface area contributed by atoms with Gasteiger partial charge >= 0.3 is 0 Å². The number of pyridine rings is 1. The molecule has 0 radical (unpaired) electrons. The standard InChI is InChI=1S/C19H20F2N4O2.C2H6/c1-4-7-27-24-19(26)18-16(23-15-6-5-11(2)8-13(15)20)12-9-22-10-14(21)17(12)25(18)3;1-2/h5-6,8-10,23H,4,7H2,1-3H3,(H,24,26);1-2H3. The van der Waals surface area contributed by atoms with Crippen molar-refractivity contribution in [2.75, 3.05) is 11.9 Å². The normalized spacial score (nSPS) is 10.4. The molecule has 0 aliphatic rings. The highest BCUT2D eigenvalue weighted by molar-refractivity contribution is 6.09. The van der Waals surface area contributed by atoms with Crippen LogP contribution in [0.5, 0.6) is 0 Å². The molecule has 0 bridgehead atoms. The van der Waals surface area contributed by atoms with Crippen molar-refractivity contribution in [2.45, 2.75) is 34.1 Å². The lowest BCUT2D eigenvalue weighted by Crippen LogP contribution is -2.26. The molecule has 1 amide bonds. The molecule has 3 aromatic rings. The highest BCUT2D eigenvalue weighted by atomic mass is 19.1. The van der Waals surface area contributed by atoms with Crippen LogP contribution in [0.25, 0.3) is 10.9 Å². The Hall–Kier alpha value is -3.00. The zero-order valence-corrected chi connectivity index (χ0v) is 17.3. The van der Waals surface area contributed by atoms with Crippen molar-refractivity contribution in [3.63, 3.8) is 0 Å². The summed E-state index contributed by atoms with van der Waals surface area (Å²) in [5.41, 5.74) is 3.80. The Labute approximate surface area is 168 Å². The third kappa shape index (κ3) is 4.71. The molecule has 0 aliphatic heterocycles. The van der Waals surface area contributed by atoms with E-state index in [1.165, 1.54) is 16.8 Å². The van der Waals surface area contributed by atoms with Gasteiger partial charge in [-0.3, -0.25) is 14.6 Å². The van der Waals surface area contributed by atoms with Crippen LogP contribution in [0.2, 0.25) is 0 Å². The molecule has 2 aromatic heterocycles. The number of benzene rings is 1. The lowest BCUT2D eigenvalue weighted by atomic mass is 10.2. The lowest BCUT2D eigenvalue weighted by molar-refractivity contribution is 0.0309. The topological polar surface area (TPSA) is 68.2 Å². The molecule has 8 heteroatoms. The van der Waals surface area contributed by atoms with Gasteiger partial charge in [0.15, 0.2) is 5.82 Å². The molecule has 29 heavy (non-hydrogen) atoms. The van der Waals surface area contributed by atoms with Gasteiger partial charge in [0.05, 0.1) is 29.7 Å². The van der Waals surface area contributed by atoms with E-state index in [0.717, 1.165) is 11.8 Å². The van der Waals surface area contributed by atoms with Crippen molar-refractivity contribution in [1.29, 1.82) is 0 Å². The van der Waals surface area contributed by atoms with Gasteiger partial charge in [-0.05, 0) is 31.0 Å². The molecule has 2 N–H and O–H groups in total. The zero-order valence-electron chi connectivity index (χ0n) is 17.3. The molecular formula is C21H26F2N4O2. The highest BCUT2D eigenvalue weighted by Gasteiger charge is 2.24. The summed E-state index contributed by atoms with van der Waals surface area (Å²) in [7, 11) is 1.55. The van der Waals surface area contributed by atoms with Crippen LogP contribution in [0.3, 0.4) is 0 Å². The number of anilines is 2. The molecule has 0 spiro atoms. The van der Waals surface area contributed by atoms with E-state index in [0.29, 0.717) is 18.4 Å². The number of fused-ring (bicyclic) bond motifs is 1. The number of hydroxylamine groups is 1. The van der Waals surface area contributed by atoms with Gasteiger partial charge in [0.1, 0.15) is 11.5 Å². The number of hydrogen-bond acceptors (Lipinski definition) is 4.